The van der Waals surface area contributed by atoms with Crippen LogP contribution in [0.1, 0.15) is 12.5 Å². The summed E-state index contributed by atoms with van der Waals surface area (Å²) >= 11 is 0. The second-order valence-electron chi connectivity index (χ2n) is 3.56. The van der Waals surface area contributed by atoms with E-state index in [4.69, 9.17) is 4.74 Å². The Labute approximate surface area is 102 Å². The Morgan fingerprint density at radius 2 is 2.29 bits per heavy atom. The summed E-state index contributed by atoms with van der Waals surface area (Å²) in [6.45, 7) is 8.41. The molecule has 0 saturated carbocycles. The predicted octanol–water partition coefficient (Wildman–Crippen LogP) is 2.70. The lowest BCUT2D eigenvalue weighted by atomic mass is 10.2. The molecule has 0 atom stereocenters. The van der Waals surface area contributed by atoms with E-state index in [0.29, 0.717) is 24.6 Å². The highest BCUT2D eigenvalue weighted by atomic mass is 16.5. The van der Waals surface area contributed by atoms with Crippen LogP contribution in [0.15, 0.2) is 30.9 Å². The molecule has 0 aliphatic rings. The van der Waals surface area contributed by atoms with Crippen molar-refractivity contribution < 1.29 is 9.53 Å². The fourth-order valence-electron chi connectivity index (χ4n) is 1.34. The van der Waals surface area contributed by atoms with Crippen LogP contribution >= 0.6 is 0 Å². The molecule has 0 aliphatic carbocycles. The van der Waals surface area contributed by atoms with Gasteiger partial charge in [0.05, 0.1) is 12.3 Å². The standard InChI is InChI=1S/C13H18N2O2/c1-4-8-14-13(16)15-11-7-6-10(3)9-12(11)17-5-2/h4,6-7,9H,1,5,8H2,2-3H3,(H2,14,15,16). The monoisotopic (exact) mass is 234 g/mol. The first kappa shape index (κ1) is 13.1. The topological polar surface area (TPSA) is 50.4 Å². The van der Waals surface area contributed by atoms with Gasteiger partial charge in [-0.05, 0) is 31.5 Å². The molecule has 0 heterocycles. The van der Waals surface area contributed by atoms with Crippen molar-refractivity contribution >= 4 is 11.7 Å². The number of aryl methyl sites for hydroxylation is 1. The summed E-state index contributed by atoms with van der Waals surface area (Å²) in [5.74, 6) is 0.682. The van der Waals surface area contributed by atoms with Crippen LogP contribution in [0.2, 0.25) is 0 Å². The van der Waals surface area contributed by atoms with Crippen LogP contribution in [0.5, 0.6) is 5.75 Å². The van der Waals surface area contributed by atoms with Gasteiger partial charge in [-0.15, -0.1) is 6.58 Å². The van der Waals surface area contributed by atoms with E-state index in [0.717, 1.165) is 5.56 Å². The molecule has 0 aromatic heterocycles. The van der Waals surface area contributed by atoms with Gasteiger partial charge in [0.15, 0.2) is 0 Å². The van der Waals surface area contributed by atoms with Crippen LogP contribution in [-0.4, -0.2) is 19.2 Å². The quantitative estimate of drug-likeness (QED) is 0.769. The van der Waals surface area contributed by atoms with E-state index in [9.17, 15) is 4.79 Å². The summed E-state index contributed by atoms with van der Waals surface area (Å²) in [7, 11) is 0. The van der Waals surface area contributed by atoms with Gasteiger partial charge in [-0.1, -0.05) is 12.1 Å². The SMILES string of the molecule is C=CCNC(=O)Nc1ccc(C)cc1OCC. The van der Waals surface area contributed by atoms with E-state index in [1.54, 1.807) is 6.08 Å². The second kappa shape index (κ2) is 6.58. The Hall–Kier alpha value is -1.97. The number of rotatable bonds is 5. The highest BCUT2D eigenvalue weighted by Crippen LogP contribution is 2.25. The summed E-state index contributed by atoms with van der Waals surface area (Å²) in [6, 6.07) is 5.38. The van der Waals surface area contributed by atoms with Gasteiger partial charge in [-0.25, -0.2) is 4.79 Å². The lowest BCUT2D eigenvalue weighted by Crippen LogP contribution is -2.28. The number of amides is 2. The summed E-state index contributed by atoms with van der Waals surface area (Å²) < 4.78 is 5.46. The van der Waals surface area contributed by atoms with Gasteiger partial charge in [0.1, 0.15) is 5.75 Å². The summed E-state index contributed by atoms with van der Waals surface area (Å²) in [5, 5.41) is 5.38. The first-order valence-corrected chi connectivity index (χ1v) is 5.56. The molecule has 0 radical (unpaired) electrons. The van der Waals surface area contributed by atoms with E-state index in [1.165, 1.54) is 0 Å². The van der Waals surface area contributed by atoms with Crippen molar-refractivity contribution in [1.82, 2.24) is 5.32 Å². The molecular weight excluding hydrogens is 216 g/mol. The van der Waals surface area contributed by atoms with Crippen molar-refractivity contribution in [2.75, 3.05) is 18.5 Å². The van der Waals surface area contributed by atoms with E-state index in [1.807, 2.05) is 32.0 Å². The third-order valence-electron chi connectivity index (χ3n) is 2.09. The van der Waals surface area contributed by atoms with Crippen LogP contribution in [0.4, 0.5) is 10.5 Å². The average Bonchev–Trinajstić information content (AvgIpc) is 2.30. The largest absolute Gasteiger partial charge is 0.492 e. The third kappa shape index (κ3) is 4.18. The average molecular weight is 234 g/mol. The molecule has 0 unspecified atom stereocenters. The first-order valence-electron chi connectivity index (χ1n) is 5.56. The van der Waals surface area contributed by atoms with Crippen molar-refractivity contribution in [3.05, 3.63) is 36.4 Å². The molecule has 1 rings (SSSR count). The minimum Gasteiger partial charge on any atom is -0.492 e. The molecule has 1 aromatic carbocycles. The van der Waals surface area contributed by atoms with Crippen molar-refractivity contribution in [2.45, 2.75) is 13.8 Å². The van der Waals surface area contributed by atoms with Gasteiger partial charge < -0.3 is 15.4 Å². The van der Waals surface area contributed by atoms with Crippen molar-refractivity contribution in [3.8, 4) is 5.75 Å². The van der Waals surface area contributed by atoms with Gasteiger partial charge in [-0.2, -0.15) is 0 Å². The zero-order valence-electron chi connectivity index (χ0n) is 10.2. The molecule has 0 aliphatic heterocycles. The molecule has 2 amide bonds. The molecule has 0 fully saturated rings. The zero-order valence-corrected chi connectivity index (χ0v) is 10.2. The molecule has 92 valence electrons. The van der Waals surface area contributed by atoms with Crippen molar-refractivity contribution in [3.63, 3.8) is 0 Å². The Balaban J connectivity index is 2.75. The van der Waals surface area contributed by atoms with Gasteiger partial charge >= 0.3 is 6.03 Å². The smallest absolute Gasteiger partial charge is 0.319 e. The van der Waals surface area contributed by atoms with E-state index in [2.05, 4.69) is 17.2 Å². The Morgan fingerprint density at radius 1 is 1.53 bits per heavy atom. The highest BCUT2D eigenvalue weighted by Gasteiger charge is 2.06. The fourth-order valence-corrected chi connectivity index (χ4v) is 1.34. The molecule has 2 N–H and O–H groups in total. The van der Waals surface area contributed by atoms with Crippen LogP contribution < -0.4 is 15.4 Å². The number of hydrogen-bond acceptors (Lipinski definition) is 2. The van der Waals surface area contributed by atoms with E-state index < -0.39 is 0 Å². The van der Waals surface area contributed by atoms with Crippen LogP contribution in [-0.2, 0) is 0 Å². The molecule has 4 nitrogen and oxygen atoms in total. The number of ether oxygens (including phenoxy) is 1. The van der Waals surface area contributed by atoms with Crippen LogP contribution in [0, 0.1) is 6.92 Å². The molecule has 4 heteroatoms. The van der Waals surface area contributed by atoms with Crippen LogP contribution in [0.25, 0.3) is 0 Å². The fraction of sp³-hybridized carbons (Fsp3) is 0.308. The minimum absolute atomic E-state index is 0.269. The first-order chi connectivity index (χ1) is 8.17. The maximum Gasteiger partial charge on any atom is 0.319 e. The van der Waals surface area contributed by atoms with Crippen molar-refractivity contribution in [2.24, 2.45) is 0 Å². The normalized spacial score (nSPS) is 9.53. The molecule has 0 bridgehead atoms. The summed E-state index contributed by atoms with van der Waals surface area (Å²) in [4.78, 5) is 11.5. The lowest BCUT2D eigenvalue weighted by Gasteiger charge is -2.12. The van der Waals surface area contributed by atoms with E-state index in [-0.39, 0.29) is 6.03 Å². The predicted molar refractivity (Wildman–Crippen MR) is 69.6 cm³/mol. The van der Waals surface area contributed by atoms with E-state index >= 15 is 0 Å². The molecule has 17 heavy (non-hydrogen) atoms. The summed E-state index contributed by atoms with van der Waals surface area (Å²) in [6.07, 6.45) is 1.62. The van der Waals surface area contributed by atoms with Gasteiger partial charge in [0.25, 0.3) is 0 Å². The number of carbonyl (C=O) groups is 1. The molecular formula is C13H18N2O2. The van der Waals surface area contributed by atoms with Gasteiger partial charge in [0, 0.05) is 6.54 Å². The van der Waals surface area contributed by atoms with Crippen molar-refractivity contribution in [1.29, 1.82) is 0 Å². The zero-order chi connectivity index (χ0) is 12.7. The maximum atomic E-state index is 11.5. The number of hydrogen-bond donors (Lipinski definition) is 2. The van der Waals surface area contributed by atoms with Gasteiger partial charge in [0.2, 0.25) is 0 Å². The molecule has 0 spiro atoms. The molecule has 0 saturated heterocycles. The highest BCUT2D eigenvalue weighted by molar-refractivity contribution is 5.91. The number of anilines is 1. The Bertz CT molecular complexity index is 402. The third-order valence-corrected chi connectivity index (χ3v) is 2.09. The minimum atomic E-state index is -0.269. The number of urea groups is 1. The van der Waals surface area contributed by atoms with Crippen LogP contribution in [0.3, 0.4) is 0 Å². The second-order valence-corrected chi connectivity index (χ2v) is 3.56. The molecule has 1 aromatic rings. The Morgan fingerprint density at radius 3 is 2.94 bits per heavy atom. The number of nitrogens with one attached hydrogen (secondary N) is 2. The van der Waals surface area contributed by atoms with Gasteiger partial charge in [-0.3, -0.25) is 0 Å². The number of benzene rings is 1. The summed E-state index contributed by atoms with van der Waals surface area (Å²) in [5.41, 5.74) is 1.75. The number of carbonyl (C=O) groups excluding carboxylic acids is 1. The lowest BCUT2D eigenvalue weighted by molar-refractivity contribution is 0.253. The Kier molecular flexibility index (Phi) is 5.07. The maximum absolute atomic E-state index is 11.5.